The van der Waals surface area contributed by atoms with Gasteiger partial charge < -0.3 is 14.2 Å². The van der Waals surface area contributed by atoms with E-state index in [0.717, 1.165) is 0 Å². The Hall–Kier alpha value is -2.75. The Morgan fingerprint density at radius 3 is 2.34 bits per heavy atom. The first kappa shape index (κ1) is 21.0. The molecule has 154 valence electrons. The van der Waals surface area contributed by atoms with Gasteiger partial charge in [0.25, 0.3) is 0 Å². The Balaban J connectivity index is 1.64. The summed E-state index contributed by atoms with van der Waals surface area (Å²) in [6, 6.07) is 12.1. The van der Waals surface area contributed by atoms with Crippen LogP contribution in [0.1, 0.15) is 20.7 Å². The van der Waals surface area contributed by atoms with Gasteiger partial charge in [0.1, 0.15) is 5.75 Å². The number of benzene rings is 2. The number of rotatable bonds is 7. The van der Waals surface area contributed by atoms with Crippen molar-refractivity contribution in [3.8, 4) is 5.75 Å². The van der Waals surface area contributed by atoms with Crippen LogP contribution in [0.25, 0.3) is 0 Å². The van der Waals surface area contributed by atoms with Gasteiger partial charge in [0.05, 0.1) is 36.3 Å². The maximum absolute atomic E-state index is 12.6. The normalized spacial score (nSPS) is 14.9. The van der Waals surface area contributed by atoms with Gasteiger partial charge in [-0.1, -0.05) is 12.1 Å². The summed E-state index contributed by atoms with van der Waals surface area (Å²) in [5, 5.41) is 0. The number of ether oxygens (including phenoxy) is 3. The van der Waals surface area contributed by atoms with Crippen LogP contribution in [-0.4, -0.2) is 64.5 Å². The third kappa shape index (κ3) is 4.81. The standard InChI is InChI=1S/C20H21NO7S/c1-26-19-5-3-2-4-17(19)18(22)14-28-20(23)15-6-8-16(9-7-15)29(24,25)21-10-12-27-13-11-21/h2-9H,10-14H2,1H3. The summed E-state index contributed by atoms with van der Waals surface area (Å²) < 4.78 is 41.9. The monoisotopic (exact) mass is 419 g/mol. The predicted molar refractivity (Wildman–Crippen MR) is 104 cm³/mol. The number of nitrogens with zero attached hydrogens (tertiary/aromatic N) is 1. The molecule has 0 bridgehead atoms. The van der Waals surface area contributed by atoms with E-state index in [2.05, 4.69) is 0 Å². The number of ketones is 1. The molecule has 1 saturated heterocycles. The maximum atomic E-state index is 12.6. The van der Waals surface area contributed by atoms with E-state index in [1.54, 1.807) is 24.3 Å². The van der Waals surface area contributed by atoms with E-state index in [4.69, 9.17) is 14.2 Å². The zero-order valence-corrected chi connectivity index (χ0v) is 16.7. The van der Waals surface area contributed by atoms with Crippen molar-refractivity contribution in [3.63, 3.8) is 0 Å². The topological polar surface area (TPSA) is 99.2 Å². The molecular weight excluding hydrogens is 398 g/mol. The van der Waals surface area contributed by atoms with Crippen LogP contribution in [0.3, 0.4) is 0 Å². The molecule has 2 aromatic carbocycles. The van der Waals surface area contributed by atoms with Crippen molar-refractivity contribution in [3.05, 3.63) is 59.7 Å². The van der Waals surface area contributed by atoms with Crippen LogP contribution in [0.4, 0.5) is 0 Å². The van der Waals surface area contributed by atoms with E-state index in [9.17, 15) is 18.0 Å². The number of Topliss-reactive ketones (excluding diaryl/α,β-unsaturated/α-hetero) is 1. The SMILES string of the molecule is COc1ccccc1C(=O)COC(=O)c1ccc(S(=O)(=O)N2CCOCC2)cc1. The fraction of sp³-hybridized carbons (Fsp3) is 0.300. The highest BCUT2D eigenvalue weighted by atomic mass is 32.2. The second-order valence-electron chi connectivity index (χ2n) is 6.24. The molecule has 0 atom stereocenters. The minimum Gasteiger partial charge on any atom is -0.496 e. The highest BCUT2D eigenvalue weighted by Gasteiger charge is 2.26. The first-order chi connectivity index (χ1) is 13.9. The van der Waals surface area contributed by atoms with Gasteiger partial charge >= 0.3 is 5.97 Å². The van der Waals surface area contributed by atoms with Gasteiger partial charge in [-0.25, -0.2) is 13.2 Å². The fourth-order valence-electron chi connectivity index (χ4n) is 2.87. The molecule has 0 spiro atoms. The molecule has 1 heterocycles. The van der Waals surface area contributed by atoms with Gasteiger partial charge in [0, 0.05) is 13.1 Å². The Bertz CT molecular complexity index is 980. The van der Waals surface area contributed by atoms with Gasteiger partial charge in [0.15, 0.2) is 6.61 Å². The van der Waals surface area contributed by atoms with Crippen molar-refractivity contribution in [1.29, 1.82) is 0 Å². The molecule has 2 aromatic rings. The lowest BCUT2D eigenvalue weighted by molar-refractivity contribution is 0.0474. The van der Waals surface area contributed by atoms with E-state index in [1.807, 2.05) is 0 Å². The summed E-state index contributed by atoms with van der Waals surface area (Å²) in [5.41, 5.74) is 0.466. The molecule has 8 nitrogen and oxygen atoms in total. The van der Waals surface area contributed by atoms with Gasteiger partial charge in [-0.15, -0.1) is 0 Å². The zero-order chi connectivity index (χ0) is 20.9. The van der Waals surface area contributed by atoms with Crippen molar-refractivity contribution < 1.29 is 32.2 Å². The zero-order valence-electron chi connectivity index (χ0n) is 15.9. The number of methoxy groups -OCH3 is 1. The number of para-hydroxylation sites is 1. The van der Waals surface area contributed by atoms with Crippen LogP contribution >= 0.6 is 0 Å². The minimum atomic E-state index is -3.64. The smallest absolute Gasteiger partial charge is 0.338 e. The van der Waals surface area contributed by atoms with Crippen LogP contribution in [0.2, 0.25) is 0 Å². The molecule has 1 aliphatic rings. The van der Waals surface area contributed by atoms with Gasteiger partial charge in [-0.05, 0) is 36.4 Å². The summed E-state index contributed by atoms with van der Waals surface area (Å²) in [7, 11) is -2.19. The molecule has 0 aromatic heterocycles. The lowest BCUT2D eigenvalue weighted by atomic mass is 10.1. The fourth-order valence-corrected chi connectivity index (χ4v) is 4.27. The van der Waals surface area contributed by atoms with Crippen LogP contribution in [0.5, 0.6) is 5.75 Å². The molecule has 0 amide bonds. The Morgan fingerprint density at radius 2 is 1.69 bits per heavy atom. The van der Waals surface area contributed by atoms with E-state index >= 15 is 0 Å². The van der Waals surface area contributed by atoms with Crippen molar-refractivity contribution in [2.75, 3.05) is 40.0 Å². The number of morpholine rings is 1. The molecular formula is C20H21NO7S. The second-order valence-corrected chi connectivity index (χ2v) is 8.18. The largest absolute Gasteiger partial charge is 0.496 e. The average Bonchev–Trinajstić information content (AvgIpc) is 2.77. The molecule has 0 radical (unpaired) electrons. The molecule has 0 saturated carbocycles. The number of hydrogen-bond acceptors (Lipinski definition) is 7. The Kier molecular flexibility index (Phi) is 6.63. The van der Waals surface area contributed by atoms with E-state index in [-0.39, 0.29) is 23.5 Å². The Morgan fingerprint density at radius 1 is 1.03 bits per heavy atom. The van der Waals surface area contributed by atoms with E-state index in [1.165, 1.54) is 35.7 Å². The predicted octanol–water partition coefficient (Wildman–Crippen LogP) is 1.76. The summed E-state index contributed by atoms with van der Waals surface area (Å²) in [6.45, 7) is 0.829. The van der Waals surface area contributed by atoms with Gasteiger partial charge in [0.2, 0.25) is 15.8 Å². The second kappa shape index (κ2) is 9.17. The minimum absolute atomic E-state index is 0.0843. The number of carbonyl (C=O) groups is 2. The number of sulfonamides is 1. The van der Waals surface area contributed by atoms with Gasteiger partial charge in [-0.2, -0.15) is 4.31 Å². The molecule has 0 aliphatic carbocycles. The first-order valence-corrected chi connectivity index (χ1v) is 10.4. The Labute approximate surface area is 169 Å². The molecule has 29 heavy (non-hydrogen) atoms. The van der Waals surface area contributed by atoms with Crippen LogP contribution < -0.4 is 4.74 Å². The van der Waals surface area contributed by atoms with Crippen LogP contribution in [0.15, 0.2) is 53.4 Å². The quantitative estimate of drug-likeness (QED) is 0.498. The molecule has 1 fully saturated rings. The number of esters is 1. The van der Waals surface area contributed by atoms with Crippen LogP contribution in [-0.2, 0) is 19.5 Å². The summed E-state index contributed by atoms with van der Waals surface area (Å²) in [6.07, 6.45) is 0. The average molecular weight is 419 g/mol. The maximum Gasteiger partial charge on any atom is 0.338 e. The third-order valence-corrected chi connectivity index (χ3v) is 6.35. The lowest BCUT2D eigenvalue weighted by Crippen LogP contribution is -2.40. The van der Waals surface area contributed by atoms with Crippen molar-refractivity contribution in [2.45, 2.75) is 4.90 Å². The van der Waals surface area contributed by atoms with Crippen molar-refractivity contribution >= 4 is 21.8 Å². The van der Waals surface area contributed by atoms with E-state index < -0.39 is 28.4 Å². The molecule has 1 aliphatic heterocycles. The van der Waals surface area contributed by atoms with Gasteiger partial charge in [-0.3, -0.25) is 4.79 Å². The summed E-state index contributed by atoms with van der Waals surface area (Å²) in [4.78, 5) is 24.6. The molecule has 3 rings (SSSR count). The highest BCUT2D eigenvalue weighted by Crippen LogP contribution is 2.19. The third-order valence-electron chi connectivity index (χ3n) is 4.44. The highest BCUT2D eigenvalue weighted by molar-refractivity contribution is 7.89. The molecule has 0 N–H and O–H groups in total. The number of carbonyl (C=O) groups excluding carboxylic acids is 2. The summed E-state index contributed by atoms with van der Waals surface area (Å²) in [5.74, 6) is -0.725. The summed E-state index contributed by atoms with van der Waals surface area (Å²) >= 11 is 0. The molecule has 0 unspecified atom stereocenters. The van der Waals surface area contributed by atoms with Crippen molar-refractivity contribution in [1.82, 2.24) is 4.31 Å². The first-order valence-electron chi connectivity index (χ1n) is 8.95. The lowest BCUT2D eigenvalue weighted by Gasteiger charge is -2.26. The van der Waals surface area contributed by atoms with E-state index in [0.29, 0.717) is 24.5 Å². The number of hydrogen-bond donors (Lipinski definition) is 0. The van der Waals surface area contributed by atoms with Crippen LogP contribution in [0, 0.1) is 0 Å². The van der Waals surface area contributed by atoms with Crippen molar-refractivity contribution in [2.24, 2.45) is 0 Å². The molecule has 9 heteroatoms.